The van der Waals surface area contributed by atoms with Crippen molar-refractivity contribution in [3.63, 3.8) is 0 Å². The largest absolute Gasteiger partial charge is 0.393 e. The summed E-state index contributed by atoms with van der Waals surface area (Å²) in [7, 11) is 0. The molecule has 0 spiro atoms. The zero-order valence-corrected chi connectivity index (χ0v) is 9.48. The van der Waals surface area contributed by atoms with Crippen molar-refractivity contribution in [2.75, 3.05) is 26.3 Å². The summed E-state index contributed by atoms with van der Waals surface area (Å²) in [6.45, 7) is 4.28. The van der Waals surface area contributed by atoms with Gasteiger partial charge >= 0.3 is 0 Å². The van der Waals surface area contributed by atoms with Gasteiger partial charge in [-0.3, -0.25) is 0 Å². The van der Waals surface area contributed by atoms with Crippen molar-refractivity contribution in [3.05, 3.63) is 0 Å². The molecule has 4 nitrogen and oxygen atoms in total. The Balaban J connectivity index is 2.00. The van der Waals surface area contributed by atoms with Crippen LogP contribution in [0.2, 0.25) is 0 Å². The van der Waals surface area contributed by atoms with Gasteiger partial charge in [-0.25, -0.2) is 0 Å². The fraction of sp³-hybridized carbons (Fsp3) is 1.00. The summed E-state index contributed by atoms with van der Waals surface area (Å²) in [5.41, 5.74) is 0. The van der Waals surface area contributed by atoms with Gasteiger partial charge in [0.25, 0.3) is 0 Å². The summed E-state index contributed by atoms with van der Waals surface area (Å²) < 4.78 is 5.10. The molecule has 0 aliphatic heterocycles. The first-order valence-corrected chi connectivity index (χ1v) is 5.88. The van der Waals surface area contributed by atoms with E-state index in [-0.39, 0.29) is 6.10 Å². The highest BCUT2D eigenvalue weighted by atomic mass is 16.5. The molecule has 0 aromatic carbocycles. The number of aliphatic hydroxyl groups is 2. The van der Waals surface area contributed by atoms with Crippen LogP contribution in [-0.2, 0) is 4.74 Å². The van der Waals surface area contributed by atoms with Crippen molar-refractivity contribution < 1.29 is 14.9 Å². The first kappa shape index (κ1) is 12.9. The highest BCUT2D eigenvalue weighted by Crippen LogP contribution is 2.24. The molecule has 0 heterocycles. The van der Waals surface area contributed by atoms with Crippen LogP contribution in [0.5, 0.6) is 0 Å². The molecule has 0 radical (unpaired) electrons. The Morgan fingerprint density at radius 1 is 1.47 bits per heavy atom. The lowest BCUT2D eigenvalue weighted by Crippen LogP contribution is -2.35. The SMILES string of the molecule is CCOCC(O)CNCC1CCCC1O. The van der Waals surface area contributed by atoms with Crippen LogP contribution in [0.3, 0.4) is 0 Å². The number of aliphatic hydroxyl groups excluding tert-OH is 2. The zero-order chi connectivity index (χ0) is 11.1. The van der Waals surface area contributed by atoms with Gasteiger partial charge in [-0.05, 0) is 25.7 Å². The van der Waals surface area contributed by atoms with Crippen molar-refractivity contribution in [1.29, 1.82) is 0 Å². The van der Waals surface area contributed by atoms with E-state index in [0.717, 1.165) is 25.8 Å². The predicted octanol–water partition coefficient (Wildman–Crippen LogP) is 0.134. The minimum atomic E-state index is -0.441. The third kappa shape index (κ3) is 4.93. The molecule has 90 valence electrons. The Morgan fingerprint density at radius 3 is 2.87 bits per heavy atom. The van der Waals surface area contributed by atoms with Gasteiger partial charge in [0.1, 0.15) is 0 Å². The van der Waals surface area contributed by atoms with Crippen LogP contribution in [0, 0.1) is 5.92 Å². The first-order chi connectivity index (χ1) is 7.24. The van der Waals surface area contributed by atoms with Gasteiger partial charge in [0.15, 0.2) is 0 Å². The predicted molar refractivity (Wildman–Crippen MR) is 58.7 cm³/mol. The second-order valence-corrected chi connectivity index (χ2v) is 4.23. The van der Waals surface area contributed by atoms with Gasteiger partial charge in [0, 0.05) is 19.7 Å². The average Bonchev–Trinajstić information content (AvgIpc) is 2.61. The molecule has 0 saturated heterocycles. The monoisotopic (exact) mass is 217 g/mol. The molecule has 0 aromatic rings. The van der Waals surface area contributed by atoms with Crippen LogP contribution in [0.4, 0.5) is 0 Å². The van der Waals surface area contributed by atoms with Gasteiger partial charge in [0.2, 0.25) is 0 Å². The van der Waals surface area contributed by atoms with E-state index in [1.807, 2.05) is 6.92 Å². The summed E-state index contributed by atoms with van der Waals surface area (Å²) in [5.74, 6) is 0.365. The second-order valence-electron chi connectivity index (χ2n) is 4.23. The molecule has 4 heteroatoms. The lowest BCUT2D eigenvalue weighted by molar-refractivity contribution is 0.0412. The van der Waals surface area contributed by atoms with E-state index in [9.17, 15) is 10.2 Å². The molecule has 3 unspecified atom stereocenters. The Bertz CT molecular complexity index is 166. The molecule has 3 N–H and O–H groups in total. The van der Waals surface area contributed by atoms with Gasteiger partial charge in [0.05, 0.1) is 18.8 Å². The first-order valence-electron chi connectivity index (χ1n) is 5.88. The lowest BCUT2D eigenvalue weighted by Gasteiger charge is -2.17. The normalized spacial score (nSPS) is 28.2. The molecule has 1 fully saturated rings. The van der Waals surface area contributed by atoms with Crippen LogP contribution in [0.15, 0.2) is 0 Å². The van der Waals surface area contributed by atoms with E-state index < -0.39 is 6.10 Å². The molecule has 3 atom stereocenters. The highest BCUT2D eigenvalue weighted by molar-refractivity contribution is 4.78. The lowest BCUT2D eigenvalue weighted by atomic mass is 10.1. The van der Waals surface area contributed by atoms with E-state index in [2.05, 4.69) is 5.32 Å². The maximum Gasteiger partial charge on any atom is 0.0897 e. The fourth-order valence-corrected chi connectivity index (χ4v) is 2.00. The number of hydrogen-bond acceptors (Lipinski definition) is 4. The summed E-state index contributed by atoms with van der Waals surface area (Å²) in [5, 5.41) is 22.2. The third-order valence-electron chi connectivity index (χ3n) is 2.92. The van der Waals surface area contributed by atoms with Gasteiger partial charge in [-0.15, -0.1) is 0 Å². The fourth-order valence-electron chi connectivity index (χ4n) is 2.00. The summed E-state index contributed by atoms with van der Waals surface area (Å²) in [6.07, 6.45) is 2.54. The van der Waals surface area contributed by atoms with Gasteiger partial charge in [-0.2, -0.15) is 0 Å². The highest BCUT2D eigenvalue weighted by Gasteiger charge is 2.24. The van der Waals surface area contributed by atoms with Crippen LogP contribution >= 0.6 is 0 Å². The molecular weight excluding hydrogens is 194 g/mol. The molecular formula is C11H23NO3. The van der Waals surface area contributed by atoms with Crippen LogP contribution in [-0.4, -0.2) is 48.7 Å². The Kier molecular flexibility index (Phi) is 6.17. The summed E-state index contributed by atoms with van der Waals surface area (Å²) >= 11 is 0. The van der Waals surface area contributed by atoms with Crippen molar-refractivity contribution in [2.45, 2.75) is 38.4 Å². The van der Waals surface area contributed by atoms with E-state index in [1.165, 1.54) is 0 Å². The Hall–Kier alpha value is -0.160. The number of nitrogens with one attached hydrogen (secondary N) is 1. The molecule has 1 saturated carbocycles. The molecule has 0 aromatic heterocycles. The number of ether oxygens (including phenoxy) is 1. The standard InChI is InChI=1S/C11H23NO3/c1-2-15-8-10(13)7-12-6-9-4-3-5-11(9)14/h9-14H,2-8H2,1H3. The minimum absolute atomic E-state index is 0.151. The summed E-state index contributed by atoms with van der Waals surface area (Å²) in [4.78, 5) is 0. The number of rotatable bonds is 7. The molecule has 1 rings (SSSR count). The third-order valence-corrected chi connectivity index (χ3v) is 2.92. The van der Waals surface area contributed by atoms with Crippen molar-refractivity contribution in [3.8, 4) is 0 Å². The van der Waals surface area contributed by atoms with Gasteiger partial charge < -0.3 is 20.3 Å². The molecule has 1 aliphatic carbocycles. The molecule has 15 heavy (non-hydrogen) atoms. The minimum Gasteiger partial charge on any atom is -0.393 e. The van der Waals surface area contributed by atoms with Crippen molar-refractivity contribution >= 4 is 0 Å². The smallest absolute Gasteiger partial charge is 0.0897 e. The number of hydrogen-bond donors (Lipinski definition) is 3. The van der Waals surface area contributed by atoms with E-state index >= 15 is 0 Å². The van der Waals surface area contributed by atoms with E-state index in [1.54, 1.807) is 0 Å². The summed E-state index contributed by atoms with van der Waals surface area (Å²) in [6, 6.07) is 0. The van der Waals surface area contributed by atoms with Crippen LogP contribution in [0.1, 0.15) is 26.2 Å². The quantitative estimate of drug-likeness (QED) is 0.567. The van der Waals surface area contributed by atoms with Crippen LogP contribution in [0.25, 0.3) is 0 Å². The molecule has 0 amide bonds. The molecule has 1 aliphatic rings. The van der Waals surface area contributed by atoms with Crippen LogP contribution < -0.4 is 5.32 Å². The zero-order valence-electron chi connectivity index (χ0n) is 9.48. The van der Waals surface area contributed by atoms with E-state index in [0.29, 0.717) is 25.7 Å². The average molecular weight is 217 g/mol. The second kappa shape index (κ2) is 7.17. The van der Waals surface area contributed by atoms with E-state index in [4.69, 9.17) is 4.74 Å². The Morgan fingerprint density at radius 2 is 2.27 bits per heavy atom. The van der Waals surface area contributed by atoms with Crippen molar-refractivity contribution in [2.24, 2.45) is 5.92 Å². The maximum absolute atomic E-state index is 9.57. The van der Waals surface area contributed by atoms with Crippen molar-refractivity contribution in [1.82, 2.24) is 5.32 Å². The topological polar surface area (TPSA) is 61.7 Å². The molecule has 0 bridgehead atoms. The maximum atomic E-state index is 9.57. The van der Waals surface area contributed by atoms with Gasteiger partial charge in [-0.1, -0.05) is 6.42 Å². The Labute approximate surface area is 91.6 Å².